The number of para-hydroxylation sites is 2. The fourth-order valence-electron chi connectivity index (χ4n) is 2.99. The SMILES string of the molecule is CN(c1nc2ccccc2nc1N)[C@@H]1CCN(C(=O)OC(C)(C)C)C1. The summed E-state index contributed by atoms with van der Waals surface area (Å²) in [5.74, 6) is 1.05. The van der Waals surface area contributed by atoms with Gasteiger partial charge in [0.25, 0.3) is 0 Å². The molecule has 25 heavy (non-hydrogen) atoms. The molecule has 0 spiro atoms. The Kier molecular flexibility index (Phi) is 4.41. The van der Waals surface area contributed by atoms with E-state index in [0.717, 1.165) is 17.5 Å². The molecule has 1 aliphatic rings. The molecular formula is C18H25N5O2. The second-order valence-electron chi connectivity index (χ2n) is 7.40. The highest BCUT2D eigenvalue weighted by molar-refractivity contribution is 5.79. The topological polar surface area (TPSA) is 84.6 Å². The highest BCUT2D eigenvalue weighted by Crippen LogP contribution is 2.26. The highest BCUT2D eigenvalue weighted by Gasteiger charge is 2.32. The number of nitrogen functional groups attached to an aromatic ring is 1. The van der Waals surface area contributed by atoms with E-state index in [1.807, 2.05) is 57.0 Å². The van der Waals surface area contributed by atoms with Crippen LogP contribution >= 0.6 is 0 Å². The smallest absolute Gasteiger partial charge is 0.410 e. The van der Waals surface area contributed by atoms with E-state index in [4.69, 9.17) is 10.5 Å². The lowest BCUT2D eigenvalue weighted by Gasteiger charge is -2.27. The Morgan fingerprint density at radius 1 is 1.28 bits per heavy atom. The molecule has 3 rings (SSSR count). The van der Waals surface area contributed by atoms with Crippen LogP contribution in [-0.4, -0.2) is 52.7 Å². The average Bonchev–Trinajstić information content (AvgIpc) is 3.02. The lowest BCUT2D eigenvalue weighted by molar-refractivity contribution is 0.0292. The Morgan fingerprint density at radius 3 is 2.56 bits per heavy atom. The number of amides is 1. The molecule has 2 N–H and O–H groups in total. The number of rotatable bonds is 2. The number of nitrogens with two attached hydrogens (primary N) is 1. The Labute approximate surface area is 147 Å². The van der Waals surface area contributed by atoms with Gasteiger partial charge in [0, 0.05) is 26.2 Å². The summed E-state index contributed by atoms with van der Waals surface area (Å²) in [5, 5.41) is 0. The van der Waals surface area contributed by atoms with Crippen LogP contribution in [0.2, 0.25) is 0 Å². The van der Waals surface area contributed by atoms with E-state index in [1.165, 1.54) is 0 Å². The Bertz CT molecular complexity index is 787. The van der Waals surface area contributed by atoms with Gasteiger partial charge in [-0.1, -0.05) is 12.1 Å². The van der Waals surface area contributed by atoms with Gasteiger partial charge in [0.2, 0.25) is 0 Å². The van der Waals surface area contributed by atoms with E-state index in [-0.39, 0.29) is 12.1 Å². The standard InChI is InChI=1S/C18H25N5O2/c1-18(2,3)25-17(24)23-10-9-12(11-23)22(4)16-15(19)20-13-7-5-6-8-14(13)21-16/h5-8,12H,9-11H2,1-4H3,(H2,19,20)/t12-/m1/s1. The molecule has 1 aromatic heterocycles. The monoisotopic (exact) mass is 343 g/mol. The fraction of sp³-hybridized carbons (Fsp3) is 0.500. The van der Waals surface area contributed by atoms with E-state index >= 15 is 0 Å². The van der Waals surface area contributed by atoms with E-state index < -0.39 is 5.60 Å². The maximum Gasteiger partial charge on any atom is 0.410 e. The van der Waals surface area contributed by atoms with Crippen molar-refractivity contribution in [3.05, 3.63) is 24.3 Å². The second kappa shape index (κ2) is 6.38. The number of hydrogen-bond donors (Lipinski definition) is 1. The summed E-state index contributed by atoms with van der Waals surface area (Å²) >= 11 is 0. The second-order valence-corrected chi connectivity index (χ2v) is 7.40. The lowest BCUT2D eigenvalue weighted by Crippen LogP contribution is -2.39. The minimum absolute atomic E-state index is 0.130. The quantitative estimate of drug-likeness (QED) is 0.902. The summed E-state index contributed by atoms with van der Waals surface area (Å²) in [4.78, 5) is 25.1. The van der Waals surface area contributed by atoms with Crippen LogP contribution in [0.3, 0.4) is 0 Å². The largest absolute Gasteiger partial charge is 0.444 e. The zero-order chi connectivity index (χ0) is 18.2. The van der Waals surface area contributed by atoms with Gasteiger partial charge in [0.15, 0.2) is 11.6 Å². The lowest BCUT2D eigenvalue weighted by atomic mass is 10.2. The Hall–Kier alpha value is -2.57. The van der Waals surface area contributed by atoms with Crippen LogP contribution in [0.5, 0.6) is 0 Å². The number of ether oxygens (including phenoxy) is 1. The van der Waals surface area contributed by atoms with Crippen molar-refractivity contribution in [2.24, 2.45) is 0 Å². The van der Waals surface area contributed by atoms with Crippen LogP contribution in [0, 0.1) is 0 Å². The van der Waals surface area contributed by atoms with Crippen molar-refractivity contribution in [2.75, 3.05) is 30.8 Å². The third-order valence-corrected chi connectivity index (χ3v) is 4.27. The molecule has 0 unspecified atom stereocenters. The normalized spacial score (nSPS) is 17.8. The number of fused-ring (bicyclic) bond motifs is 1. The summed E-state index contributed by atoms with van der Waals surface area (Å²) in [6.45, 7) is 6.85. The van der Waals surface area contributed by atoms with Crippen molar-refractivity contribution in [2.45, 2.75) is 38.8 Å². The number of likely N-dealkylation sites (N-methyl/N-ethyl adjacent to an activating group) is 1. The molecular weight excluding hydrogens is 318 g/mol. The number of carbonyl (C=O) groups is 1. The predicted octanol–water partition coefficient (Wildman–Crippen LogP) is 2.66. The number of benzene rings is 1. The molecule has 0 radical (unpaired) electrons. The third-order valence-electron chi connectivity index (χ3n) is 4.27. The molecule has 7 heteroatoms. The highest BCUT2D eigenvalue weighted by atomic mass is 16.6. The summed E-state index contributed by atoms with van der Waals surface area (Å²) < 4.78 is 5.45. The molecule has 1 saturated heterocycles. The van der Waals surface area contributed by atoms with Crippen LogP contribution in [0.25, 0.3) is 11.0 Å². The predicted molar refractivity (Wildman–Crippen MR) is 98.6 cm³/mol. The van der Waals surface area contributed by atoms with Crippen LogP contribution in [0.15, 0.2) is 24.3 Å². The van der Waals surface area contributed by atoms with Gasteiger partial charge in [-0.15, -0.1) is 0 Å². The molecule has 0 bridgehead atoms. The molecule has 1 aromatic carbocycles. The molecule has 2 heterocycles. The van der Waals surface area contributed by atoms with Gasteiger partial charge < -0.3 is 20.3 Å². The van der Waals surface area contributed by atoms with Crippen molar-refractivity contribution in [1.29, 1.82) is 0 Å². The molecule has 1 amide bonds. The van der Waals surface area contributed by atoms with E-state index in [1.54, 1.807) is 4.90 Å². The molecule has 134 valence electrons. The van der Waals surface area contributed by atoms with Gasteiger partial charge in [0.1, 0.15) is 5.60 Å². The summed E-state index contributed by atoms with van der Waals surface area (Å²) in [6, 6.07) is 7.78. The van der Waals surface area contributed by atoms with E-state index in [9.17, 15) is 4.79 Å². The first-order valence-corrected chi connectivity index (χ1v) is 8.47. The van der Waals surface area contributed by atoms with Crippen LogP contribution in [0.1, 0.15) is 27.2 Å². The molecule has 1 fully saturated rings. The van der Waals surface area contributed by atoms with Gasteiger partial charge in [0.05, 0.1) is 11.0 Å². The molecule has 1 aliphatic heterocycles. The zero-order valence-electron chi connectivity index (χ0n) is 15.2. The van der Waals surface area contributed by atoms with Crippen molar-refractivity contribution in [3.63, 3.8) is 0 Å². The summed E-state index contributed by atoms with van der Waals surface area (Å²) in [6.07, 6.45) is 0.560. The first kappa shape index (κ1) is 17.3. The van der Waals surface area contributed by atoms with Crippen LogP contribution in [0.4, 0.5) is 16.4 Å². The van der Waals surface area contributed by atoms with Gasteiger partial charge >= 0.3 is 6.09 Å². The third kappa shape index (κ3) is 3.75. The van der Waals surface area contributed by atoms with Crippen LogP contribution < -0.4 is 10.6 Å². The minimum atomic E-state index is -0.491. The minimum Gasteiger partial charge on any atom is -0.444 e. The molecule has 1 atom stereocenters. The molecule has 0 saturated carbocycles. The maximum atomic E-state index is 12.2. The van der Waals surface area contributed by atoms with Gasteiger partial charge in [-0.3, -0.25) is 0 Å². The maximum absolute atomic E-state index is 12.2. The molecule has 0 aliphatic carbocycles. The number of nitrogens with zero attached hydrogens (tertiary/aromatic N) is 4. The van der Waals surface area contributed by atoms with Gasteiger partial charge in [-0.05, 0) is 39.3 Å². The zero-order valence-corrected chi connectivity index (χ0v) is 15.2. The first-order valence-electron chi connectivity index (χ1n) is 8.47. The van der Waals surface area contributed by atoms with Crippen molar-refractivity contribution in [3.8, 4) is 0 Å². The average molecular weight is 343 g/mol. The Balaban J connectivity index is 1.75. The molecule has 2 aromatic rings. The number of anilines is 2. The number of likely N-dealkylation sites (tertiary alicyclic amines) is 1. The van der Waals surface area contributed by atoms with Gasteiger partial charge in [-0.25, -0.2) is 14.8 Å². The van der Waals surface area contributed by atoms with E-state index in [0.29, 0.717) is 24.7 Å². The summed E-state index contributed by atoms with van der Waals surface area (Å²) in [5.41, 5.74) is 7.20. The van der Waals surface area contributed by atoms with Gasteiger partial charge in [-0.2, -0.15) is 0 Å². The number of carbonyl (C=O) groups excluding carboxylic acids is 1. The van der Waals surface area contributed by atoms with Crippen molar-refractivity contribution in [1.82, 2.24) is 14.9 Å². The van der Waals surface area contributed by atoms with Crippen molar-refractivity contribution < 1.29 is 9.53 Å². The number of aromatic nitrogens is 2. The summed E-state index contributed by atoms with van der Waals surface area (Å²) in [7, 11) is 1.94. The Morgan fingerprint density at radius 2 is 1.92 bits per heavy atom. The van der Waals surface area contributed by atoms with Crippen LogP contribution in [-0.2, 0) is 4.74 Å². The van der Waals surface area contributed by atoms with Crippen molar-refractivity contribution >= 4 is 28.8 Å². The fourth-order valence-corrected chi connectivity index (χ4v) is 2.99. The first-order chi connectivity index (χ1) is 11.7. The van der Waals surface area contributed by atoms with E-state index in [2.05, 4.69) is 9.97 Å². The number of hydrogen-bond acceptors (Lipinski definition) is 6. The molecule has 7 nitrogen and oxygen atoms in total.